The van der Waals surface area contributed by atoms with Gasteiger partial charge in [-0.15, -0.1) is 4.13 Å². The summed E-state index contributed by atoms with van der Waals surface area (Å²) in [4.78, 5) is -0.138. The minimum absolute atomic E-state index is 0.138. The third kappa shape index (κ3) is 3.42. The van der Waals surface area contributed by atoms with E-state index in [-0.39, 0.29) is 4.90 Å². The van der Waals surface area contributed by atoms with E-state index >= 15 is 0 Å². The van der Waals surface area contributed by atoms with Gasteiger partial charge in [-0.3, -0.25) is 0 Å². The van der Waals surface area contributed by atoms with E-state index in [2.05, 4.69) is 0 Å². The van der Waals surface area contributed by atoms with E-state index in [0.29, 0.717) is 17.9 Å². The molecular formula is C15H14ClNO4S2. The Morgan fingerprint density at radius 3 is 1.91 bits per heavy atom. The summed E-state index contributed by atoms with van der Waals surface area (Å²) in [6.45, 7) is 0. The van der Waals surface area contributed by atoms with E-state index in [0.717, 1.165) is 11.1 Å². The highest BCUT2D eigenvalue weighted by atomic mass is 35.5. The van der Waals surface area contributed by atoms with Crippen molar-refractivity contribution in [3.8, 4) is 0 Å². The number of halogens is 1. The van der Waals surface area contributed by atoms with Crippen LogP contribution in [0, 0.1) is 0 Å². The summed E-state index contributed by atoms with van der Waals surface area (Å²) in [7, 11) is -8.17. The predicted molar refractivity (Wildman–Crippen MR) is 88.3 cm³/mol. The summed E-state index contributed by atoms with van der Waals surface area (Å²) < 4.78 is 51.2. The quantitative estimate of drug-likeness (QED) is 0.892. The standard InChI is InChI=1S/C15H14ClNO4S2/c16-13-5-7-14(8-6-13)22(18,19)17-23(20,21)15-9-11-3-1-2-4-12(11)10-15/h1-8,15,17H,9-10H2. The van der Waals surface area contributed by atoms with Crippen molar-refractivity contribution in [2.75, 3.05) is 0 Å². The summed E-state index contributed by atoms with van der Waals surface area (Å²) >= 11 is 5.72. The first-order chi connectivity index (χ1) is 10.8. The van der Waals surface area contributed by atoms with E-state index in [1.807, 2.05) is 28.4 Å². The monoisotopic (exact) mass is 371 g/mol. The van der Waals surface area contributed by atoms with Gasteiger partial charge in [0.1, 0.15) is 0 Å². The fourth-order valence-electron chi connectivity index (χ4n) is 2.62. The minimum atomic E-state index is -4.16. The van der Waals surface area contributed by atoms with Gasteiger partial charge in [-0.1, -0.05) is 35.9 Å². The third-order valence-corrected chi connectivity index (χ3v) is 7.96. The first kappa shape index (κ1) is 16.4. The molecule has 0 heterocycles. The van der Waals surface area contributed by atoms with Gasteiger partial charge in [0.15, 0.2) is 0 Å². The van der Waals surface area contributed by atoms with Crippen LogP contribution in [0.15, 0.2) is 53.4 Å². The molecule has 0 amide bonds. The lowest BCUT2D eigenvalue weighted by Crippen LogP contribution is -2.38. The van der Waals surface area contributed by atoms with E-state index in [4.69, 9.17) is 11.6 Å². The molecule has 0 radical (unpaired) electrons. The molecule has 5 nitrogen and oxygen atoms in total. The molecule has 1 aliphatic carbocycles. The zero-order chi connectivity index (χ0) is 16.7. The van der Waals surface area contributed by atoms with Gasteiger partial charge in [0.25, 0.3) is 10.0 Å². The van der Waals surface area contributed by atoms with Crippen LogP contribution in [0.5, 0.6) is 0 Å². The fourth-order valence-corrected chi connectivity index (χ4v) is 6.19. The van der Waals surface area contributed by atoms with Gasteiger partial charge in [-0.2, -0.15) is 0 Å². The lowest BCUT2D eigenvalue weighted by molar-refractivity contribution is 0.567. The number of hydrogen-bond acceptors (Lipinski definition) is 4. The van der Waals surface area contributed by atoms with Crippen LogP contribution in [-0.2, 0) is 32.9 Å². The molecule has 23 heavy (non-hydrogen) atoms. The Bertz CT molecular complexity index is 913. The largest absolute Gasteiger partial charge is 0.253 e. The Labute approximate surface area is 140 Å². The van der Waals surface area contributed by atoms with Crippen LogP contribution >= 0.6 is 11.6 Å². The van der Waals surface area contributed by atoms with Crippen molar-refractivity contribution >= 4 is 31.6 Å². The van der Waals surface area contributed by atoms with Crippen molar-refractivity contribution in [1.82, 2.24) is 4.13 Å². The molecule has 0 saturated heterocycles. The smallest absolute Gasteiger partial charge is 0.211 e. The van der Waals surface area contributed by atoms with Crippen LogP contribution in [-0.4, -0.2) is 22.1 Å². The number of hydrogen-bond donors (Lipinski definition) is 1. The van der Waals surface area contributed by atoms with Gasteiger partial charge in [0.05, 0.1) is 10.1 Å². The fraction of sp³-hybridized carbons (Fsp3) is 0.200. The van der Waals surface area contributed by atoms with Crippen LogP contribution in [0.1, 0.15) is 11.1 Å². The lowest BCUT2D eigenvalue weighted by Gasteiger charge is -2.13. The number of nitrogens with one attached hydrogen (secondary N) is 1. The lowest BCUT2D eigenvalue weighted by atomic mass is 10.1. The average molecular weight is 372 g/mol. The highest BCUT2D eigenvalue weighted by Crippen LogP contribution is 2.26. The zero-order valence-corrected chi connectivity index (χ0v) is 14.3. The Morgan fingerprint density at radius 2 is 1.39 bits per heavy atom. The third-order valence-electron chi connectivity index (χ3n) is 3.80. The Balaban J connectivity index is 1.83. The Morgan fingerprint density at radius 1 is 0.870 bits per heavy atom. The molecule has 0 saturated carbocycles. The van der Waals surface area contributed by atoms with Crippen molar-refractivity contribution in [2.24, 2.45) is 0 Å². The van der Waals surface area contributed by atoms with Gasteiger partial charge >= 0.3 is 0 Å². The number of benzene rings is 2. The second-order valence-corrected chi connectivity index (χ2v) is 9.72. The van der Waals surface area contributed by atoms with Crippen molar-refractivity contribution < 1.29 is 16.8 Å². The summed E-state index contributed by atoms with van der Waals surface area (Å²) in [5, 5.41) is -0.417. The number of rotatable bonds is 4. The predicted octanol–water partition coefficient (Wildman–Crippen LogP) is 2.12. The summed E-state index contributed by atoms with van der Waals surface area (Å²) in [6.07, 6.45) is 0.614. The van der Waals surface area contributed by atoms with Crippen LogP contribution in [0.4, 0.5) is 0 Å². The molecule has 0 aliphatic heterocycles. The summed E-state index contributed by atoms with van der Waals surface area (Å²) in [5.41, 5.74) is 1.87. The second-order valence-electron chi connectivity index (χ2n) is 5.38. The molecule has 1 N–H and O–H groups in total. The molecule has 8 heteroatoms. The van der Waals surface area contributed by atoms with Crippen molar-refractivity contribution in [2.45, 2.75) is 23.0 Å². The molecule has 0 aromatic heterocycles. The molecular weight excluding hydrogens is 358 g/mol. The minimum Gasteiger partial charge on any atom is -0.211 e. The summed E-state index contributed by atoms with van der Waals surface area (Å²) in [6, 6.07) is 12.7. The SMILES string of the molecule is O=S(=O)(NS(=O)(=O)C1Cc2ccccc2C1)c1ccc(Cl)cc1. The Kier molecular flexibility index (Phi) is 4.22. The van der Waals surface area contributed by atoms with Crippen LogP contribution in [0.3, 0.4) is 0 Å². The maximum atomic E-state index is 12.4. The zero-order valence-electron chi connectivity index (χ0n) is 11.9. The highest BCUT2D eigenvalue weighted by molar-refractivity contribution is 8.05. The van der Waals surface area contributed by atoms with Crippen LogP contribution in [0.2, 0.25) is 5.02 Å². The van der Waals surface area contributed by atoms with Crippen LogP contribution in [0.25, 0.3) is 0 Å². The molecule has 2 aromatic rings. The van der Waals surface area contributed by atoms with Gasteiger partial charge in [-0.05, 0) is 48.2 Å². The normalized spacial score (nSPS) is 15.5. The molecule has 0 spiro atoms. The van der Waals surface area contributed by atoms with Crippen molar-refractivity contribution in [3.05, 3.63) is 64.7 Å². The molecule has 2 aromatic carbocycles. The van der Waals surface area contributed by atoms with E-state index in [1.165, 1.54) is 24.3 Å². The van der Waals surface area contributed by atoms with Gasteiger partial charge < -0.3 is 0 Å². The molecule has 122 valence electrons. The molecule has 0 unspecified atom stereocenters. The number of sulfonamides is 2. The van der Waals surface area contributed by atoms with Crippen molar-refractivity contribution in [3.63, 3.8) is 0 Å². The van der Waals surface area contributed by atoms with E-state index in [9.17, 15) is 16.8 Å². The topological polar surface area (TPSA) is 80.3 Å². The Hall–Kier alpha value is -1.41. The molecule has 0 atom stereocenters. The highest BCUT2D eigenvalue weighted by Gasteiger charge is 2.35. The number of fused-ring (bicyclic) bond motifs is 1. The summed E-state index contributed by atoms with van der Waals surface area (Å²) in [5.74, 6) is 0. The maximum Gasteiger partial charge on any atom is 0.253 e. The van der Waals surface area contributed by atoms with E-state index in [1.54, 1.807) is 0 Å². The maximum absolute atomic E-state index is 12.4. The molecule has 0 fully saturated rings. The first-order valence-electron chi connectivity index (χ1n) is 6.88. The van der Waals surface area contributed by atoms with Crippen LogP contribution < -0.4 is 4.13 Å². The average Bonchev–Trinajstić information content (AvgIpc) is 2.91. The van der Waals surface area contributed by atoms with Gasteiger partial charge in [0.2, 0.25) is 10.0 Å². The van der Waals surface area contributed by atoms with E-state index < -0.39 is 25.3 Å². The second kappa shape index (κ2) is 5.90. The molecule has 0 bridgehead atoms. The first-order valence-corrected chi connectivity index (χ1v) is 10.3. The van der Waals surface area contributed by atoms with Crippen molar-refractivity contribution in [1.29, 1.82) is 0 Å². The van der Waals surface area contributed by atoms with Gasteiger partial charge in [-0.25, -0.2) is 16.8 Å². The molecule has 1 aliphatic rings. The molecule has 3 rings (SSSR count). The van der Waals surface area contributed by atoms with Gasteiger partial charge in [0, 0.05) is 5.02 Å².